The first-order valence-corrected chi connectivity index (χ1v) is 4.79. The van der Waals surface area contributed by atoms with Gasteiger partial charge in [0.2, 0.25) is 0 Å². The average Bonchev–Trinajstić information content (AvgIpc) is 2.70. The summed E-state index contributed by atoms with van der Waals surface area (Å²) in [6.45, 7) is 3.62. The molecule has 1 rings (SSSR count). The Morgan fingerprint density at radius 1 is 1.57 bits per heavy atom. The van der Waals surface area contributed by atoms with Crippen molar-refractivity contribution in [3.05, 3.63) is 24.5 Å². The first-order chi connectivity index (χ1) is 6.61. The molecule has 3 nitrogen and oxygen atoms in total. The summed E-state index contributed by atoms with van der Waals surface area (Å²) < 4.78 is 7.08. The van der Waals surface area contributed by atoms with Crippen LogP contribution in [0.15, 0.2) is 24.5 Å². The van der Waals surface area contributed by atoms with E-state index in [-0.39, 0.29) is 0 Å². The molecule has 0 fully saturated rings. The molecule has 1 aromatic heterocycles. The molecule has 1 atom stereocenters. The van der Waals surface area contributed by atoms with Gasteiger partial charge in [0.1, 0.15) is 6.07 Å². The summed E-state index contributed by atoms with van der Waals surface area (Å²) in [4.78, 5) is 0. The highest BCUT2D eigenvalue weighted by atomic mass is 32.1. The quantitative estimate of drug-likeness (QED) is 0.700. The van der Waals surface area contributed by atoms with E-state index in [0.717, 1.165) is 0 Å². The average molecular weight is 208 g/mol. The second kappa shape index (κ2) is 4.25. The van der Waals surface area contributed by atoms with Crippen molar-refractivity contribution in [3.8, 4) is 6.07 Å². The molecule has 4 heteroatoms. The maximum atomic E-state index is 8.89. The Morgan fingerprint density at radius 3 is 2.57 bits per heavy atom. The topological polar surface area (TPSA) is 37.9 Å². The minimum atomic E-state index is -0.832. The van der Waals surface area contributed by atoms with Crippen molar-refractivity contribution in [3.63, 3.8) is 0 Å². The van der Waals surface area contributed by atoms with Crippen LogP contribution in [0, 0.1) is 11.3 Å². The fourth-order valence-corrected chi connectivity index (χ4v) is 1.18. The molecule has 0 saturated carbocycles. The summed E-state index contributed by atoms with van der Waals surface area (Å²) in [6.07, 6.45) is 4.18. The Kier molecular flexibility index (Phi) is 3.26. The summed E-state index contributed by atoms with van der Waals surface area (Å²) in [7, 11) is 0. The molecule has 74 valence electrons. The number of nitrogens with zero attached hydrogens (tertiary/aromatic N) is 2. The summed E-state index contributed by atoms with van der Waals surface area (Å²) in [5.74, 6) is 0. The van der Waals surface area contributed by atoms with Gasteiger partial charge in [-0.2, -0.15) is 5.26 Å². The van der Waals surface area contributed by atoms with Crippen molar-refractivity contribution < 1.29 is 4.74 Å². The number of nitriles is 1. The van der Waals surface area contributed by atoms with Gasteiger partial charge in [0, 0.05) is 12.4 Å². The predicted molar refractivity (Wildman–Crippen MR) is 57.8 cm³/mol. The highest BCUT2D eigenvalue weighted by Crippen LogP contribution is 2.14. The maximum absolute atomic E-state index is 8.89. The zero-order valence-electron chi connectivity index (χ0n) is 8.23. The Morgan fingerprint density at radius 2 is 2.14 bits per heavy atom. The smallest absolute Gasteiger partial charge is 0.269 e. The molecule has 0 aliphatic carbocycles. The Bertz CT molecular complexity index is 353. The van der Waals surface area contributed by atoms with Crippen LogP contribution in [0.4, 0.5) is 0 Å². The van der Waals surface area contributed by atoms with Crippen LogP contribution in [0.2, 0.25) is 0 Å². The molecule has 0 saturated heterocycles. The lowest BCUT2D eigenvalue weighted by atomic mass is 10.1. The Balaban J connectivity index is 2.71. The van der Waals surface area contributed by atoms with Crippen molar-refractivity contribution in [2.45, 2.75) is 25.9 Å². The van der Waals surface area contributed by atoms with Gasteiger partial charge in [-0.15, -0.1) is 0 Å². The van der Waals surface area contributed by atoms with Gasteiger partial charge in [-0.3, -0.25) is 4.57 Å². The molecule has 0 radical (unpaired) electrons. The minimum Gasteiger partial charge on any atom is -0.449 e. The summed E-state index contributed by atoms with van der Waals surface area (Å²) in [5, 5.41) is 9.19. The maximum Gasteiger partial charge on any atom is 0.269 e. The van der Waals surface area contributed by atoms with Gasteiger partial charge in [-0.1, -0.05) is 6.92 Å². The second-order valence-electron chi connectivity index (χ2n) is 3.15. The number of ether oxygens (including phenoxy) is 1. The molecule has 14 heavy (non-hydrogen) atoms. The summed E-state index contributed by atoms with van der Waals surface area (Å²) in [5.41, 5.74) is -0.832. The van der Waals surface area contributed by atoms with Gasteiger partial charge in [0.25, 0.3) is 5.17 Å². The lowest BCUT2D eigenvalue weighted by Crippen LogP contribution is -2.30. The van der Waals surface area contributed by atoms with E-state index < -0.39 is 5.60 Å². The van der Waals surface area contributed by atoms with Crippen LogP contribution in [0.25, 0.3) is 0 Å². The van der Waals surface area contributed by atoms with E-state index in [9.17, 15) is 0 Å². The molecule has 0 N–H and O–H groups in total. The van der Waals surface area contributed by atoms with E-state index in [2.05, 4.69) is 6.07 Å². The lowest BCUT2D eigenvalue weighted by molar-refractivity contribution is 0.129. The van der Waals surface area contributed by atoms with Crippen LogP contribution in [0.5, 0.6) is 0 Å². The molecule has 0 amide bonds. The molecule has 1 unspecified atom stereocenters. The molecule has 1 aromatic rings. The van der Waals surface area contributed by atoms with Crippen LogP contribution in [-0.4, -0.2) is 15.3 Å². The van der Waals surface area contributed by atoms with Gasteiger partial charge in [0.15, 0.2) is 5.60 Å². The highest BCUT2D eigenvalue weighted by Gasteiger charge is 2.24. The van der Waals surface area contributed by atoms with Crippen molar-refractivity contribution in [1.29, 1.82) is 5.26 Å². The third kappa shape index (κ3) is 2.33. The summed E-state index contributed by atoms with van der Waals surface area (Å²) in [6, 6.07) is 5.80. The van der Waals surface area contributed by atoms with E-state index in [4.69, 9.17) is 22.2 Å². The van der Waals surface area contributed by atoms with Crippen molar-refractivity contribution in [2.75, 3.05) is 0 Å². The van der Waals surface area contributed by atoms with Gasteiger partial charge < -0.3 is 4.74 Å². The van der Waals surface area contributed by atoms with Crippen LogP contribution in [0.1, 0.15) is 20.3 Å². The molecule has 0 aromatic carbocycles. The standard InChI is InChI=1S/C10H12N2OS/c1-3-10(2,8-11)13-9(14)12-6-4-5-7-12/h4-7H,3H2,1-2H3. The molecule has 0 aliphatic rings. The first kappa shape index (κ1) is 10.7. The minimum absolute atomic E-state index is 0.306. The zero-order chi connectivity index (χ0) is 10.6. The molecule has 1 heterocycles. The Hall–Kier alpha value is -1.34. The molecular formula is C10H12N2OS. The number of hydrogen-bond acceptors (Lipinski definition) is 3. The molecular weight excluding hydrogens is 196 g/mol. The Labute approximate surface area is 88.9 Å². The van der Waals surface area contributed by atoms with Crippen LogP contribution >= 0.6 is 12.2 Å². The van der Waals surface area contributed by atoms with Gasteiger partial charge in [0.05, 0.1) is 0 Å². The van der Waals surface area contributed by atoms with Crippen LogP contribution in [-0.2, 0) is 4.74 Å². The van der Waals surface area contributed by atoms with Crippen LogP contribution in [0.3, 0.4) is 0 Å². The number of hydrogen-bond donors (Lipinski definition) is 0. The first-order valence-electron chi connectivity index (χ1n) is 4.39. The van der Waals surface area contributed by atoms with Crippen molar-refractivity contribution in [2.24, 2.45) is 0 Å². The van der Waals surface area contributed by atoms with Crippen LogP contribution < -0.4 is 0 Å². The number of aromatic nitrogens is 1. The monoisotopic (exact) mass is 208 g/mol. The van der Waals surface area contributed by atoms with Crippen molar-refractivity contribution >= 4 is 17.4 Å². The van der Waals surface area contributed by atoms with E-state index >= 15 is 0 Å². The van der Waals surface area contributed by atoms with Gasteiger partial charge in [-0.05, 0) is 37.7 Å². The van der Waals surface area contributed by atoms with E-state index in [1.807, 2.05) is 19.1 Å². The summed E-state index contributed by atoms with van der Waals surface area (Å²) >= 11 is 5.04. The highest BCUT2D eigenvalue weighted by molar-refractivity contribution is 7.80. The van der Waals surface area contributed by atoms with Gasteiger partial charge >= 0.3 is 0 Å². The zero-order valence-corrected chi connectivity index (χ0v) is 9.04. The third-order valence-corrected chi connectivity index (χ3v) is 2.33. The fourth-order valence-electron chi connectivity index (χ4n) is 0.876. The molecule has 0 aliphatic heterocycles. The molecule has 0 bridgehead atoms. The van der Waals surface area contributed by atoms with E-state index in [1.54, 1.807) is 23.9 Å². The second-order valence-corrected chi connectivity index (χ2v) is 3.50. The van der Waals surface area contributed by atoms with E-state index in [0.29, 0.717) is 11.6 Å². The third-order valence-electron chi connectivity index (χ3n) is 2.04. The fraction of sp³-hybridized carbons (Fsp3) is 0.400. The van der Waals surface area contributed by atoms with Crippen molar-refractivity contribution in [1.82, 2.24) is 4.57 Å². The van der Waals surface area contributed by atoms with Gasteiger partial charge in [-0.25, -0.2) is 0 Å². The SMILES string of the molecule is CCC(C)(C#N)OC(=S)n1cccc1. The normalized spacial score (nSPS) is 14.1. The molecule has 0 spiro atoms. The predicted octanol–water partition coefficient (Wildman–Crippen LogP) is 2.33. The number of rotatable bonds is 2. The number of thiocarbonyl (C=S) groups is 1. The largest absolute Gasteiger partial charge is 0.449 e. The lowest BCUT2D eigenvalue weighted by Gasteiger charge is -2.21. The van der Waals surface area contributed by atoms with E-state index in [1.165, 1.54) is 0 Å².